The third-order valence-corrected chi connectivity index (χ3v) is 4.03. The van der Waals surface area contributed by atoms with E-state index in [2.05, 4.69) is 5.32 Å². The SMILES string of the molecule is COc1cccc(C2=CSc3ccccc3NC2=O)c1. The standard InChI is InChI=1S/C16H13NO2S/c1-19-12-6-4-5-11(9-12)13-10-20-15-8-3-2-7-14(15)17-16(13)18/h2-10H,1H3,(H,17,18). The van der Waals surface area contributed by atoms with Crippen molar-refractivity contribution in [3.63, 3.8) is 0 Å². The van der Waals surface area contributed by atoms with Crippen LogP contribution in [0.1, 0.15) is 5.56 Å². The van der Waals surface area contributed by atoms with E-state index in [1.165, 1.54) is 0 Å². The number of hydrogen-bond donors (Lipinski definition) is 1. The van der Waals surface area contributed by atoms with Crippen LogP contribution in [0, 0.1) is 0 Å². The maximum Gasteiger partial charge on any atom is 0.256 e. The Bertz CT molecular complexity index is 694. The van der Waals surface area contributed by atoms with Crippen molar-refractivity contribution >= 4 is 28.9 Å². The number of fused-ring (bicyclic) bond motifs is 1. The highest BCUT2D eigenvalue weighted by molar-refractivity contribution is 8.02. The van der Waals surface area contributed by atoms with E-state index in [0.717, 1.165) is 21.9 Å². The summed E-state index contributed by atoms with van der Waals surface area (Å²) in [4.78, 5) is 13.4. The molecule has 0 aromatic heterocycles. The number of hydrogen-bond acceptors (Lipinski definition) is 3. The van der Waals surface area contributed by atoms with E-state index in [9.17, 15) is 4.79 Å². The lowest BCUT2D eigenvalue weighted by molar-refractivity contribution is -0.111. The zero-order valence-electron chi connectivity index (χ0n) is 10.9. The zero-order valence-corrected chi connectivity index (χ0v) is 11.7. The summed E-state index contributed by atoms with van der Waals surface area (Å²) in [6.07, 6.45) is 0. The maximum absolute atomic E-state index is 12.3. The number of benzene rings is 2. The van der Waals surface area contributed by atoms with Gasteiger partial charge in [-0.1, -0.05) is 36.0 Å². The van der Waals surface area contributed by atoms with E-state index in [0.29, 0.717) is 5.57 Å². The molecule has 1 heterocycles. The molecule has 1 amide bonds. The molecule has 2 aromatic carbocycles. The molecule has 1 aliphatic heterocycles. The molecule has 0 saturated heterocycles. The van der Waals surface area contributed by atoms with Gasteiger partial charge >= 0.3 is 0 Å². The van der Waals surface area contributed by atoms with Gasteiger partial charge in [-0.25, -0.2) is 0 Å². The smallest absolute Gasteiger partial charge is 0.256 e. The topological polar surface area (TPSA) is 38.3 Å². The largest absolute Gasteiger partial charge is 0.497 e. The molecular weight excluding hydrogens is 270 g/mol. The van der Waals surface area contributed by atoms with Crippen LogP contribution >= 0.6 is 11.8 Å². The van der Waals surface area contributed by atoms with Gasteiger partial charge in [0, 0.05) is 4.90 Å². The van der Waals surface area contributed by atoms with Gasteiger partial charge in [-0.15, -0.1) is 0 Å². The van der Waals surface area contributed by atoms with Crippen LogP contribution in [0.5, 0.6) is 5.75 Å². The van der Waals surface area contributed by atoms with Crippen LogP contribution in [0.4, 0.5) is 5.69 Å². The van der Waals surface area contributed by atoms with Crippen molar-refractivity contribution in [3.05, 3.63) is 59.5 Å². The molecule has 0 radical (unpaired) electrons. The van der Waals surface area contributed by atoms with Crippen molar-refractivity contribution in [3.8, 4) is 5.75 Å². The Labute approximate surface area is 121 Å². The lowest BCUT2D eigenvalue weighted by atomic mass is 10.1. The minimum absolute atomic E-state index is 0.101. The van der Waals surface area contributed by atoms with E-state index in [1.807, 2.05) is 53.9 Å². The van der Waals surface area contributed by atoms with Crippen molar-refractivity contribution in [1.82, 2.24) is 0 Å². The molecule has 1 aliphatic rings. The van der Waals surface area contributed by atoms with E-state index >= 15 is 0 Å². The molecule has 0 saturated carbocycles. The highest BCUT2D eigenvalue weighted by Gasteiger charge is 2.18. The number of methoxy groups -OCH3 is 1. The molecule has 100 valence electrons. The molecule has 0 fully saturated rings. The summed E-state index contributed by atoms with van der Waals surface area (Å²) >= 11 is 1.54. The van der Waals surface area contributed by atoms with E-state index < -0.39 is 0 Å². The predicted molar refractivity (Wildman–Crippen MR) is 81.9 cm³/mol. The Hall–Kier alpha value is -2.20. The van der Waals surface area contributed by atoms with Crippen molar-refractivity contribution in [2.45, 2.75) is 4.90 Å². The lowest BCUT2D eigenvalue weighted by Gasteiger charge is -2.08. The van der Waals surface area contributed by atoms with Crippen molar-refractivity contribution in [1.29, 1.82) is 0 Å². The van der Waals surface area contributed by atoms with Crippen LogP contribution in [0.2, 0.25) is 0 Å². The molecule has 3 rings (SSSR count). The van der Waals surface area contributed by atoms with Gasteiger partial charge in [-0.2, -0.15) is 0 Å². The van der Waals surface area contributed by atoms with Crippen LogP contribution in [0.25, 0.3) is 5.57 Å². The normalized spacial score (nSPS) is 13.8. The molecule has 2 aromatic rings. The summed E-state index contributed by atoms with van der Waals surface area (Å²) in [5.74, 6) is 0.638. The molecule has 20 heavy (non-hydrogen) atoms. The third kappa shape index (κ3) is 2.42. The lowest BCUT2D eigenvalue weighted by Crippen LogP contribution is -2.12. The first-order chi connectivity index (χ1) is 9.78. The van der Waals surface area contributed by atoms with Crippen LogP contribution in [0.3, 0.4) is 0 Å². The van der Waals surface area contributed by atoms with Gasteiger partial charge in [0.25, 0.3) is 5.91 Å². The van der Waals surface area contributed by atoms with Crippen LogP contribution < -0.4 is 10.1 Å². The average molecular weight is 283 g/mol. The molecule has 1 N–H and O–H groups in total. The molecule has 0 bridgehead atoms. The summed E-state index contributed by atoms with van der Waals surface area (Å²) in [6, 6.07) is 15.3. The van der Waals surface area contributed by atoms with Gasteiger partial charge in [-0.3, -0.25) is 4.79 Å². The summed E-state index contributed by atoms with van der Waals surface area (Å²) in [5, 5.41) is 4.82. The fourth-order valence-electron chi connectivity index (χ4n) is 2.03. The van der Waals surface area contributed by atoms with Crippen molar-refractivity contribution in [2.75, 3.05) is 12.4 Å². The van der Waals surface area contributed by atoms with E-state index in [1.54, 1.807) is 18.9 Å². The number of ether oxygens (including phenoxy) is 1. The Morgan fingerprint density at radius 1 is 1.10 bits per heavy atom. The highest BCUT2D eigenvalue weighted by atomic mass is 32.2. The molecule has 0 aliphatic carbocycles. The zero-order chi connectivity index (χ0) is 13.9. The number of amides is 1. The van der Waals surface area contributed by atoms with Gasteiger partial charge in [0.1, 0.15) is 5.75 Å². The summed E-state index contributed by atoms with van der Waals surface area (Å²) < 4.78 is 5.21. The number of carbonyl (C=O) groups is 1. The molecular formula is C16H13NO2S. The number of nitrogens with one attached hydrogen (secondary N) is 1. The molecule has 0 atom stereocenters. The Kier molecular flexibility index (Phi) is 3.48. The molecule has 4 heteroatoms. The van der Waals surface area contributed by atoms with Gasteiger partial charge in [0.05, 0.1) is 18.4 Å². The average Bonchev–Trinajstić information content (AvgIpc) is 2.65. The minimum atomic E-state index is -0.101. The van der Waals surface area contributed by atoms with E-state index in [-0.39, 0.29) is 5.91 Å². The predicted octanol–water partition coefficient (Wildman–Crippen LogP) is 3.78. The number of anilines is 1. The van der Waals surface area contributed by atoms with Gasteiger partial charge in [-0.05, 0) is 35.2 Å². The second-order valence-corrected chi connectivity index (χ2v) is 5.24. The second-order valence-electron chi connectivity index (χ2n) is 4.33. The highest BCUT2D eigenvalue weighted by Crippen LogP contribution is 2.35. The van der Waals surface area contributed by atoms with Crippen molar-refractivity contribution in [2.24, 2.45) is 0 Å². The fourth-order valence-corrected chi connectivity index (χ4v) is 2.92. The Morgan fingerprint density at radius 2 is 1.95 bits per heavy atom. The number of para-hydroxylation sites is 1. The van der Waals surface area contributed by atoms with Crippen LogP contribution in [-0.4, -0.2) is 13.0 Å². The first kappa shape index (κ1) is 12.8. The number of thioether (sulfide) groups is 1. The quantitative estimate of drug-likeness (QED) is 0.911. The maximum atomic E-state index is 12.3. The van der Waals surface area contributed by atoms with Gasteiger partial charge in [0.2, 0.25) is 0 Å². The molecule has 3 nitrogen and oxygen atoms in total. The van der Waals surface area contributed by atoms with E-state index in [4.69, 9.17) is 4.74 Å². The molecule has 0 unspecified atom stereocenters. The Balaban J connectivity index is 1.99. The van der Waals surface area contributed by atoms with Crippen molar-refractivity contribution < 1.29 is 9.53 Å². The molecule has 0 spiro atoms. The second kappa shape index (κ2) is 5.43. The Morgan fingerprint density at radius 3 is 2.80 bits per heavy atom. The first-order valence-electron chi connectivity index (χ1n) is 6.19. The number of rotatable bonds is 2. The summed E-state index contributed by atoms with van der Waals surface area (Å²) in [5.41, 5.74) is 2.34. The summed E-state index contributed by atoms with van der Waals surface area (Å²) in [7, 11) is 1.62. The van der Waals surface area contributed by atoms with Gasteiger partial charge in [0.15, 0.2) is 0 Å². The third-order valence-electron chi connectivity index (χ3n) is 3.06. The first-order valence-corrected chi connectivity index (χ1v) is 7.07. The fraction of sp³-hybridized carbons (Fsp3) is 0.0625. The monoisotopic (exact) mass is 283 g/mol. The van der Waals surface area contributed by atoms with Crippen LogP contribution in [-0.2, 0) is 4.79 Å². The van der Waals surface area contributed by atoms with Gasteiger partial charge < -0.3 is 10.1 Å². The minimum Gasteiger partial charge on any atom is -0.497 e. The summed E-state index contributed by atoms with van der Waals surface area (Å²) in [6.45, 7) is 0. The number of carbonyl (C=O) groups excluding carboxylic acids is 1. The van der Waals surface area contributed by atoms with Crippen LogP contribution in [0.15, 0.2) is 58.8 Å².